The van der Waals surface area contributed by atoms with E-state index in [9.17, 15) is 9.90 Å². The molecule has 27 heavy (non-hydrogen) atoms. The minimum Gasteiger partial charge on any atom is -0.506 e. The number of para-hydroxylation sites is 2. The summed E-state index contributed by atoms with van der Waals surface area (Å²) >= 11 is 5.83. The van der Waals surface area contributed by atoms with Crippen molar-refractivity contribution in [1.29, 1.82) is 0 Å². The van der Waals surface area contributed by atoms with E-state index in [1.54, 1.807) is 30.3 Å². The third-order valence-corrected chi connectivity index (χ3v) is 4.72. The van der Waals surface area contributed by atoms with E-state index in [0.717, 1.165) is 37.6 Å². The molecule has 1 amide bonds. The molecule has 1 aliphatic rings. The first-order valence-electron chi connectivity index (χ1n) is 9.02. The molecule has 1 fully saturated rings. The van der Waals surface area contributed by atoms with Gasteiger partial charge in [-0.05, 0) is 36.4 Å². The predicted octanol–water partition coefficient (Wildman–Crippen LogP) is 2.36. The van der Waals surface area contributed by atoms with Crippen LogP contribution in [0, 0.1) is 0 Å². The molecule has 0 atom stereocenters. The van der Waals surface area contributed by atoms with Crippen LogP contribution in [0.1, 0.15) is 0 Å². The maximum absolute atomic E-state index is 12.1. The molecule has 2 aromatic carbocycles. The number of amides is 1. The molecule has 1 aliphatic heterocycles. The van der Waals surface area contributed by atoms with E-state index in [1.165, 1.54) is 0 Å². The molecule has 2 aromatic rings. The molecule has 7 heteroatoms. The van der Waals surface area contributed by atoms with E-state index in [2.05, 4.69) is 15.1 Å². The van der Waals surface area contributed by atoms with Crippen molar-refractivity contribution in [3.8, 4) is 11.5 Å². The van der Waals surface area contributed by atoms with Crippen LogP contribution in [-0.4, -0.2) is 61.8 Å². The Morgan fingerprint density at radius 1 is 1.07 bits per heavy atom. The Labute approximate surface area is 164 Å². The Morgan fingerprint density at radius 3 is 2.48 bits per heavy atom. The Morgan fingerprint density at radius 2 is 1.78 bits per heavy atom. The number of halogens is 1. The van der Waals surface area contributed by atoms with Crippen LogP contribution in [0.5, 0.6) is 11.5 Å². The quantitative estimate of drug-likeness (QED) is 0.712. The highest BCUT2D eigenvalue weighted by Gasteiger charge is 2.20. The van der Waals surface area contributed by atoms with Crippen LogP contribution in [0.25, 0.3) is 0 Å². The molecule has 0 spiro atoms. The standard InChI is InChI=1S/C20H24ClN3O3/c21-16-5-7-17(8-6-16)27-14-9-22-20(26)15-23-10-12-24(13-11-23)18-3-1-2-4-19(18)25/h1-8,25H,9-15H2,(H,22,26). The lowest BCUT2D eigenvalue weighted by Crippen LogP contribution is -2.49. The molecule has 144 valence electrons. The van der Waals surface area contributed by atoms with Crippen LogP contribution >= 0.6 is 11.6 Å². The first kappa shape index (κ1) is 19.3. The first-order valence-corrected chi connectivity index (χ1v) is 9.40. The number of phenolic OH excluding ortho intramolecular Hbond substituents is 1. The number of nitrogens with one attached hydrogen (secondary N) is 1. The number of piperazine rings is 1. The van der Waals surface area contributed by atoms with Crippen molar-refractivity contribution in [3.63, 3.8) is 0 Å². The van der Waals surface area contributed by atoms with Crippen LogP contribution in [0.3, 0.4) is 0 Å². The summed E-state index contributed by atoms with van der Waals surface area (Å²) in [6, 6.07) is 14.5. The maximum Gasteiger partial charge on any atom is 0.234 e. The number of rotatable bonds is 7. The fraction of sp³-hybridized carbons (Fsp3) is 0.350. The van der Waals surface area contributed by atoms with Gasteiger partial charge in [-0.25, -0.2) is 0 Å². The number of hydrogen-bond acceptors (Lipinski definition) is 5. The summed E-state index contributed by atoms with van der Waals surface area (Å²) in [5.41, 5.74) is 0.848. The number of carbonyl (C=O) groups excluding carboxylic acids is 1. The van der Waals surface area contributed by atoms with Gasteiger partial charge in [0.05, 0.1) is 18.8 Å². The van der Waals surface area contributed by atoms with Crippen molar-refractivity contribution in [3.05, 3.63) is 53.6 Å². The normalized spacial score (nSPS) is 14.8. The summed E-state index contributed by atoms with van der Waals surface area (Å²) in [7, 11) is 0. The molecular weight excluding hydrogens is 366 g/mol. The molecule has 0 unspecified atom stereocenters. The van der Waals surface area contributed by atoms with Crippen LogP contribution in [0.15, 0.2) is 48.5 Å². The van der Waals surface area contributed by atoms with Gasteiger partial charge in [-0.2, -0.15) is 0 Å². The van der Waals surface area contributed by atoms with Crippen molar-refractivity contribution < 1.29 is 14.6 Å². The van der Waals surface area contributed by atoms with Crippen molar-refractivity contribution >= 4 is 23.2 Å². The fourth-order valence-electron chi connectivity index (χ4n) is 3.03. The van der Waals surface area contributed by atoms with Gasteiger partial charge in [0.2, 0.25) is 5.91 Å². The fourth-order valence-corrected chi connectivity index (χ4v) is 3.15. The topological polar surface area (TPSA) is 65.0 Å². The summed E-state index contributed by atoms with van der Waals surface area (Å²) in [6.07, 6.45) is 0. The molecule has 1 saturated heterocycles. The van der Waals surface area contributed by atoms with Crippen molar-refractivity contribution in [1.82, 2.24) is 10.2 Å². The van der Waals surface area contributed by atoms with E-state index in [0.29, 0.717) is 30.5 Å². The summed E-state index contributed by atoms with van der Waals surface area (Å²) in [5.74, 6) is 1.02. The Hall–Kier alpha value is -2.44. The number of phenols is 1. The summed E-state index contributed by atoms with van der Waals surface area (Å²) in [4.78, 5) is 16.4. The highest BCUT2D eigenvalue weighted by Crippen LogP contribution is 2.27. The molecular formula is C20H24ClN3O3. The second kappa shape index (κ2) is 9.48. The Bertz CT molecular complexity index is 746. The van der Waals surface area contributed by atoms with E-state index < -0.39 is 0 Å². The molecule has 0 saturated carbocycles. The van der Waals surface area contributed by atoms with Gasteiger partial charge < -0.3 is 20.1 Å². The number of ether oxygens (including phenoxy) is 1. The third kappa shape index (κ3) is 5.77. The molecule has 2 N–H and O–H groups in total. The molecule has 3 rings (SSSR count). The SMILES string of the molecule is O=C(CN1CCN(c2ccccc2O)CC1)NCCOc1ccc(Cl)cc1. The van der Waals surface area contributed by atoms with Crippen molar-refractivity contribution in [2.24, 2.45) is 0 Å². The van der Waals surface area contributed by atoms with Crippen LogP contribution in [-0.2, 0) is 4.79 Å². The lowest BCUT2D eigenvalue weighted by Gasteiger charge is -2.35. The van der Waals surface area contributed by atoms with Crippen molar-refractivity contribution in [2.75, 3.05) is 50.8 Å². The van der Waals surface area contributed by atoms with Gasteiger partial charge in [-0.15, -0.1) is 0 Å². The molecule has 0 radical (unpaired) electrons. The zero-order valence-electron chi connectivity index (χ0n) is 15.1. The molecule has 1 heterocycles. The van der Waals surface area contributed by atoms with E-state index >= 15 is 0 Å². The van der Waals surface area contributed by atoms with Gasteiger partial charge in [0.25, 0.3) is 0 Å². The molecule has 0 bridgehead atoms. The van der Waals surface area contributed by atoms with Gasteiger partial charge in [-0.1, -0.05) is 23.7 Å². The van der Waals surface area contributed by atoms with E-state index in [1.807, 2.05) is 18.2 Å². The van der Waals surface area contributed by atoms with Gasteiger partial charge in [-0.3, -0.25) is 9.69 Å². The second-order valence-corrected chi connectivity index (χ2v) is 6.84. The largest absolute Gasteiger partial charge is 0.506 e. The number of benzene rings is 2. The number of anilines is 1. The van der Waals surface area contributed by atoms with Gasteiger partial charge in [0.1, 0.15) is 18.1 Å². The highest BCUT2D eigenvalue weighted by atomic mass is 35.5. The Kier molecular flexibility index (Phi) is 6.79. The van der Waals surface area contributed by atoms with Crippen LogP contribution in [0.4, 0.5) is 5.69 Å². The summed E-state index contributed by atoms with van der Waals surface area (Å²) in [6.45, 7) is 4.37. The smallest absolute Gasteiger partial charge is 0.234 e. The lowest BCUT2D eigenvalue weighted by molar-refractivity contribution is -0.122. The second-order valence-electron chi connectivity index (χ2n) is 6.40. The monoisotopic (exact) mass is 389 g/mol. The number of hydrogen-bond donors (Lipinski definition) is 2. The first-order chi connectivity index (χ1) is 13.1. The van der Waals surface area contributed by atoms with Gasteiger partial charge in [0, 0.05) is 31.2 Å². The van der Waals surface area contributed by atoms with Crippen LogP contribution < -0.4 is 15.0 Å². The molecule has 6 nitrogen and oxygen atoms in total. The lowest BCUT2D eigenvalue weighted by atomic mass is 10.2. The zero-order chi connectivity index (χ0) is 19.1. The van der Waals surface area contributed by atoms with Crippen molar-refractivity contribution in [2.45, 2.75) is 0 Å². The summed E-state index contributed by atoms with van der Waals surface area (Å²) in [5, 5.41) is 13.5. The number of nitrogens with zero attached hydrogens (tertiary/aromatic N) is 2. The molecule has 0 aromatic heterocycles. The van der Waals surface area contributed by atoms with E-state index in [-0.39, 0.29) is 5.91 Å². The molecule has 0 aliphatic carbocycles. The zero-order valence-corrected chi connectivity index (χ0v) is 15.9. The highest BCUT2D eigenvalue weighted by molar-refractivity contribution is 6.30. The number of carbonyl (C=O) groups is 1. The third-order valence-electron chi connectivity index (χ3n) is 4.47. The minimum atomic E-state index is -0.00860. The average molecular weight is 390 g/mol. The predicted molar refractivity (Wildman–Crippen MR) is 107 cm³/mol. The summed E-state index contributed by atoms with van der Waals surface area (Å²) < 4.78 is 5.56. The maximum atomic E-state index is 12.1. The van der Waals surface area contributed by atoms with Gasteiger partial charge >= 0.3 is 0 Å². The number of aromatic hydroxyl groups is 1. The van der Waals surface area contributed by atoms with Gasteiger partial charge in [0.15, 0.2) is 0 Å². The van der Waals surface area contributed by atoms with Crippen LogP contribution in [0.2, 0.25) is 5.02 Å². The Balaban J connectivity index is 1.33. The minimum absolute atomic E-state index is 0.00860. The van der Waals surface area contributed by atoms with E-state index in [4.69, 9.17) is 16.3 Å². The average Bonchev–Trinajstić information content (AvgIpc) is 2.68.